The summed E-state index contributed by atoms with van der Waals surface area (Å²) in [5.41, 5.74) is 2.19. The highest BCUT2D eigenvalue weighted by molar-refractivity contribution is 5.81. The molecule has 3 nitrogen and oxygen atoms in total. The van der Waals surface area contributed by atoms with Crippen molar-refractivity contribution >= 4 is 6.21 Å². The Morgan fingerprint density at radius 3 is 2.30 bits per heavy atom. The average Bonchev–Trinajstić information content (AvgIpc) is 2.53. The van der Waals surface area contributed by atoms with Crippen molar-refractivity contribution in [2.75, 3.05) is 14.2 Å². The molecule has 0 saturated carbocycles. The summed E-state index contributed by atoms with van der Waals surface area (Å²) in [7, 11) is 3.26. The molecule has 0 aliphatic carbocycles. The number of rotatable bonds is 5. The Morgan fingerprint density at radius 2 is 1.65 bits per heavy atom. The molecule has 0 unspecified atom stereocenters. The van der Waals surface area contributed by atoms with Crippen LogP contribution < -0.4 is 9.47 Å². The van der Waals surface area contributed by atoms with Gasteiger partial charge in [-0.15, -0.1) is 0 Å². The van der Waals surface area contributed by atoms with Crippen molar-refractivity contribution in [2.45, 2.75) is 13.0 Å². The van der Waals surface area contributed by atoms with Crippen LogP contribution in [0.4, 0.5) is 0 Å². The van der Waals surface area contributed by atoms with Crippen LogP contribution in [-0.4, -0.2) is 20.4 Å². The van der Waals surface area contributed by atoms with Crippen molar-refractivity contribution in [1.82, 2.24) is 0 Å². The molecular weight excluding hydrogens is 250 g/mol. The van der Waals surface area contributed by atoms with E-state index in [0.29, 0.717) is 5.75 Å². The quantitative estimate of drug-likeness (QED) is 0.771. The minimum atomic E-state index is 0.129. The lowest BCUT2D eigenvalue weighted by Crippen LogP contribution is -1.93. The van der Waals surface area contributed by atoms with E-state index in [1.807, 2.05) is 42.6 Å². The van der Waals surface area contributed by atoms with Crippen LogP contribution in [0.5, 0.6) is 11.5 Å². The van der Waals surface area contributed by atoms with E-state index >= 15 is 0 Å². The van der Waals surface area contributed by atoms with Gasteiger partial charge in [0, 0.05) is 6.21 Å². The molecule has 0 aliphatic heterocycles. The normalized spacial score (nSPS) is 12.3. The van der Waals surface area contributed by atoms with Crippen LogP contribution in [0.25, 0.3) is 0 Å². The monoisotopic (exact) mass is 269 g/mol. The first-order valence-corrected chi connectivity index (χ1v) is 6.54. The number of methoxy groups -OCH3 is 2. The number of hydrogen-bond acceptors (Lipinski definition) is 3. The number of aliphatic imine (C=N–C) groups is 1. The molecule has 3 heteroatoms. The summed E-state index contributed by atoms with van der Waals surface area (Å²) in [4.78, 5) is 4.57. The zero-order valence-corrected chi connectivity index (χ0v) is 12.0. The van der Waals surface area contributed by atoms with Gasteiger partial charge in [0.25, 0.3) is 0 Å². The molecule has 0 bridgehead atoms. The molecule has 1 atom stereocenters. The fourth-order valence-corrected chi connectivity index (χ4v) is 1.95. The summed E-state index contributed by atoms with van der Waals surface area (Å²) in [6.45, 7) is 2.08. The molecule has 0 heterocycles. The van der Waals surface area contributed by atoms with E-state index in [2.05, 4.69) is 24.0 Å². The Kier molecular flexibility index (Phi) is 4.77. The topological polar surface area (TPSA) is 30.8 Å². The van der Waals surface area contributed by atoms with E-state index in [0.717, 1.165) is 11.3 Å². The van der Waals surface area contributed by atoms with Crippen molar-refractivity contribution in [3.8, 4) is 11.5 Å². The van der Waals surface area contributed by atoms with Gasteiger partial charge in [-0.25, -0.2) is 0 Å². The van der Waals surface area contributed by atoms with Gasteiger partial charge in [-0.1, -0.05) is 30.3 Å². The highest BCUT2D eigenvalue weighted by atomic mass is 16.5. The number of benzene rings is 2. The first-order chi connectivity index (χ1) is 9.74. The predicted molar refractivity (Wildman–Crippen MR) is 82.0 cm³/mol. The zero-order chi connectivity index (χ0) is 14.4. The summed E-state index contributed by atoms with van der Waals surface area (Å²) in [6, 6.07) is 16.1. The lowest BCUT2D eigenvalue weighted by molar-refractivity contribution is 0.355. The van der Waals surface area contributed by atoms with Crippen LogP contribution >= 0.6 is 0 Å². The summed E-state index contributed by atoms with van der Waals surface area (Å²) >= 11 is 0. The van der Waals surface area contributed by atoms with Gasteiger partial charge in [0.1, 0.15) is 0 Å². The number of hydrogen-bond donors (Lipinski definition) is 0. The van der Waals surface area contributed by atoms with Crippen LogP contribution in [0.1, 0.15) is 24.1 Å². The minimum Gasteiger partial charge on any atom is -0.493 e. The summed E-state index contributed by atoms with van der Waals surface area (Å²) in [6.07, 6.45) is 1.86. The van der Waals surface area contributed by atoms with Crippen molar-refractivity contribution in [2.24, 2.45) is 4.99 Å². The molecular formula is C17H19NO2. The Balaban J connectivity index is 2.15. The molecule has 0 aliphatic rings. The molecule has 0 N–H and O–H groups in total. The van der Waals surface area contributed by atoms with E-state index in [1.165, 1.54) is 5.56 Å². The SMILES string of the molecule is COc1ccc(C=N[C@H](C)c2ccccc2)cc1OC. The van der Waals surface area contributed by atoms with Gasteiger partial charge in [0.2, 0.25) is 0 Å². The molecule has 0 amide bonds. The van der Waals surface area contributed by atoms with Gasteiger partial charge in [-0.05, 0) is 36.2 Å². The molecule has 0 fully saturated rings. The highest BCUT2D eigenvalue weighted by Gasteiger charge is 2.04. The molecule has 0 saturated heterocycles. The van der Waals surface area contributed by atoms with Crippen molar-refractivity contribution in [1.29, 1.82) is 0 Å². The third-order valence-corrected chi connectivity index (χ3v) is 3.14. The maximum Gasteiger partial charge on any atom is 0.161 e. The van der Waals surface area contributed by atoms with Gasteiger partial charge in [-0.3, -0.25) is 4.99 Å². The van der Waals surface area contributed by atoms with Crippen molar-refractivity contribution in [3.63, 3.8) is 0 Å². The van der Waals surface area contributed by atoms with Crippen LogP contribution in [0, 0.1) is 0 Å². The zero-order valence-electron chi connectivity index (χ0n) is 12.0. The highest BCUT2D eigenvalue weighted by Crippen LogP contribution is 2.27. The fraction of sp³-hybridized carbons (Fsp3) is 0.235. The lowest BCUT2D eigenvalue weighted by atomic mass is 10.1. The maximum absolute atomic E-state index is 5.28. The lowest BCUT2D eigenvalue weighted by Gasteiger charge is -2.08. The van der Waals surface area contributed by atoms with E-state index < -0.39 is 0 Å². The molecule has 20 heavy (non-hydrogen) atoms. The van der Waals surface area contributed by atoms with Crippen LogP contribution in [0.3, 0.4) is 0 Å². The maximum atomic E-state index is 5.28. The van der Waals surface area contributed by atoms with Gasteiger partial charge in [0.05, 0.1) is 20.3 Å². The third-order valence-electron chi connectivity index (χ3n) is 3.14. The van der Waals surface area contributed by atoms with Gasteiger partial charge in [-0.2, -0.15) is 0 Å². The summed E-state index contributed by atoms with van der Waals surface area (Å²) in [5.74, 6) is 1.43. The van der Waals surface area contributed by atoms with E-state index in [-0.39, 0.29) is 6.04 Å². The minimum absolute atomic E-state index is 0.129. The molecule has 2 aromatic carbocycles. The van der Waals surface area contributed by atoms with E-state index in [1.54, 1.807) is 14.2 Å². The van der Waals surface area contributed by atoms with Gasteiger partial charge < -0.3 is 9.47 Å². The van der Waals surface area contributed by atoms with Gasteiger partial charge in [0.15, 0.2) is 11.5 Å². The predicted octanol–water partition coefficient (Wildman–Crippen LogP) is 3.88. The molecule has 104 valence electrons. The average molecular weight is 269 g/mol. The largest absolute Gasteiger partial charge is 0.493 e. The third kappa shape index (κ3) is 3.38. The Morgan fingerprint density at radius 1 is 0.950 bits per heavy atom. The molecule has 0 aromatic heterocycles. The Bertz CT molecular complexity index is 579. The van der Waals surface area contributed by atoms with Crippen LogP contribution in [0.15, 0.2) is 53.5 Å². The molecule has 0 spiro atoms. The standard InChI is InChI=1S/C17H19NO2/c1-13(15-7-5-4-6-8-15)18-12-14-9-10-16(19-2)17(11-14)20-3/h4-13H,1-3H3/t13-/m1/s1. The second-order valence-electron chi connectivity index (χ2n) is 4.48. The van der Waals surface area contributed by atoms with Crippen LogP contribution in [0.2, 0.25) is 0 Å². The summed E-state index contributed by atoms with van der Waals surface area (Å²) in [5, 5.41) is 0. The van der Waals surface area contributed by atoms with Crippen molar-refractivity contribution < 1.29 is 9.47 Å². The fourth-order valence-electron chi connectivity index (χ4n) is 1.95. The molecule has 2 rings (SSSR count). The van der Waals surface area contributed by atoms with Gasteiger partial charge >= 0.3 is 0 Å². The second kappa shape index (κ2) is 6.75. The second-order valence-corrected chi connectivity index (χ2v) is 4.48. The number of ether oxygens (including phenoxy) is 2. The summed E-state index contributed by atoms with van der Waals surface area (Å²) < 4.78 is 10.5. The first-order valence-electron chi connectivity index (χ1n) is 6.54. The molecule has 0 radical (unpaired) electrons. The first kappa shape index (κ1) is 14.1. The van der Waals surface area contributed by atoms with E-state index in [4.69, 9.17) is 9.47 Å². The van der Waals surface area contributed by atoms with Crippen LogP contribution in [-0.2, 0) is 0 Å². The smallest absolute Gasteiger partial charge is 0.161 e. The Labute approximate surface area is 119 Å². The number of nitrogens with zero attached hydrogens (tertiary/aromatic N) is 1. The molecule has 2 aromatic rings. The van der Waals surface area contributed by atoms with E-state index in [9.17, 15) is 0 Å². The van der Waals surface area contributed by atoms with Crippen molar-refractivity contribution in [3.05, 3.63) is 59.7 Å². The Hall–Kier alpha value is -2.29.